The minimum atomic E-state index is -4.27. The second kappa shape index (κ2) is 6.02. The van der Waals surface area contributed by atoms with Crippen molar-refractivity contribution in [3.8, 4) is 5.75 Å². The summed E-state index contributed by atoms with van der Waals surface area (Å²) in [5.74, 6) is -1.96. The van der Waals surface area contributed by atoms with Crippen molar-refractivity contribution in [1.82, 2.24) is 4.31 Å². The Morgan fingerprint density at radius 1 is 1.33 bits per heavy atom. The predicted octanol–water partition coefficient (Wildman–Crippen LogP) is 2.50. The van der Waals surface area contributed by atoms with Crippen LogP contribution in [0.4, 0.5) is 0 Å². The minimum Gasteiger partial charge on any atom is -0.505 e. The highest BCUT2D eigenvalue weighted by Gasteiger charge is 2.41. The van der Waals surface area contributed by atoms with E-state index < -0.39 is 37.7 Å². The maximum Gasteiger partial charge on any atom is 0.322 e. The molecule has 1 aliphatic heterocycles. The van der Waals surface area contributed by atoms with Crippen molar-refractivity contribution < 1.29 is 23.4 Å². The number of sulfonamides is 1. The van der Waals surface area contributed by atoms with Gasteiger partial charge in [-0.3, -0.25) is 4.79 Å². The van der Waals surface area contributed by atoms with Crippen molar-refractivity contribution in [2.45, 2.75) is 10.9 Å². The highest BCUT2D eigenvalue weighted by Crippen LogP contribution is 2.43. The molecule has 1 aromatic carbocycles. The van der Waals surface area contributed by atoms with Crippen LogP contribution in [0.5, 0.6) is 5.75 Å². The number of hydrogen-bond donors (Lipinski definition) is 2. The first kappa shape index (κ1) is 17.0. The lowest BCUT2D eigenvalue weighted by molar-refractivity contribution is -0.140. The molecule has 21 heavy (non-hydrogen) atoms. The van der Waals surface area contributed by atoms with E-state index in [9.17, 15) is 18.3 Å². The third-order valence-electron chi connectivity index (χ3n) is 2.82. The Hall–Kier alpha value is -0.380. The molecule has 2 N–H and O–H groups in total. The van der Waals surface area contributed by atoms with Crippen LogP contribution in [0.25, 0.3) is 0 Å². The first-order valence-corrected chi connectivity index (χ1v) is 9.09. The van der Waals surface area contributed by atoms with Crippen molar-refractivity contribution >= 4 is 62.6 Å². The van der Waals surface area contributed by atoms with Crippen molar-refractivity contribution in [2.75, 3.05) is 11.6 Å². The van der Waals surface area contributed by atoms with Gasteiger partial charge in [0.25, 0.3) is 0 Å². The van der Waals surface area contributed by atoms with Crippen molar-refractivity contribution in [3.05, 3.63) is 21.1 Å². The zero-order chi connectivity index (χ0) is 15.9. The van der Waals surface area contributed by atoms with Crippen LogP contribution in [0.3, 0.4) is 0 Å². The molecule has 1 aromatic rings. The molecule has 1 atom stereocenters. The monoisotopic (exact) mass is 391 g/mol. The molecule has 116 valence electrons. The van der Waals surface area contributed by atoms with E-state index in [1.54, 1.807) is 0 Å². The predicted molar refractivity (Wildman–Crippen MR) is 80.9 cm³/mol. The average molecular weight is 393 g/mol. The van der Waals surface area contributed by atoms with E-state index in [4.69, 9.17) is 39.9 Å². The largest absolute Gasteiger partial charge is 0.505 e. The third kappa shape index (κ3) is 2.93. The molecule has 11 heteroatoms. The molecule has 0 spiro atoms. The van der Waals surface area contributed by atoms with E-state index >= 15 is 0 Å². The van der Waals surface area contributed by atoms with Crippen LogP contribution in [0.1, 0.15) is 0 Å². The smallest absolute Gasteiger partial charge is 0.322 e. The van der Waals surface area contributed by atoms with Gasteiger partial charge in [-0.15, -0.1) is 11.8 Å². The fourth-order valence-electron chi connectivity index (χ4n) is 1.75. The van der Waals surface area contributed by atoms with Crippen LogP contribution in [-0.2, 0) is 14.8 Å². The number of carboxylic acid groups (broad SMARTS) is 1. The van der Waals surface area contributed by atoms with Crippen LogP contribution in [0.15, 0.2) is 11.0 Å². The minimum absolute atomic E-state index is 0.0450. The van der Waals surface area contributed by atoms with Gasteiger partial charge in [0.05, 0.1) is 15.9 Å². The summed E-state index contributed by atoms with van der Waals surface area (Å²) in [5, 5.41) is 18.2. The number of halogens is 3. The van der Waals surface area contributed by atoms with Crippen LogP contribution in [-0.4, -0.2) is 46.6 Å². The van der Waals surface area contributed by atoms with Gasteiger partial charge in [-0.25, -0.2) is 8.42 Å². The topological polar surface area (TPSA) is 94.9 Å². The van der Waals surface area contributed by atoms with Gasteiger partial charge in [0, 0.05) is 5.75 Å². The zero-order valence-electron chi connectivity index (χ0n) is 10.1. The summed E-state index contributed by atoms with van der Waals surface area (Å²) in [6.45, 7) is 0. The van der Waals surface area contributed by atoms with Crippen LogP contribution < -0.4 is 0 Å². The fraction of sp³-hybridized carbons (Fsp3) is 0.300. The number of carboxylic acids is 1. The molecule has 0 bridgehead atoms. The van der Waals surface area contributed by atoms with Crippen molar-refractivity contribution in [2.24, 2.45) is 0 Å². The van der Waals surface area contributed by atoms with Gasteiger partial charge in [-0.05, 0) is 6.07 Å². The van der Waals surface area contributed by atoms with Crippen LogP contribution in [0, 0.1) is 0 Å². The molecule has 1 heterocycles. The summed E-state index contributed by atoms with van der Waals surface area (Å²) in [6.07, 6.45) is 0. The second-order valence-electron chi connectivity index (χ2n) is 4.08. The first-order valence-electron chi connectivity index (χ1n) is 5.36. The number of thioether (sulfide) groups is 1. The van der Waals surface area contributed by atoms with E-state index in [1.165, 1.54) is 0 Å². The molecule has 6 nitrogen and oxygen atoms in total. The SMILES string of the molecule is O=C(O)[C@H]1CSCN1S(=O)(=O)c1cc(Cl)c(Cl)c(Cl)c1O. The Morgan fingerprint density at radius 3 is 2.52 bits per heavy atom. The molecule has 0 radical (unpaired) electrons. The normalized spacial score (nSPS) is 19.9. The van der Waals surface area contributed by atoms with E-state index in [0.29, 0.717) is 0 Å². The Bertz CT molecular complexity index is 709. The molecule has 1 fully saturated rings. The summed E-state index contributed by atoms with van der Waals surface area (Å²) >= 11 is 18.4. The van der Waals surface area contributed by atoms with Gasteiger partial charge in [0.1, 0.15) is 16.0 Å². The summed E-state index contributed by atoms with van der Waals surface area (Å²) < 4.78 is 25.8. The van der Waals surface area contributed by atoms with Crippen molar-refractivity contribution in [1.29, 1.82) is 0 Å². The number of aromatic hydroxyl groups is 1. The molecule has 0 aromatic heterocycles. The number of aliphatic carboxylic acids is 1. The van der Waals surface area contributed by atoms with E-state index in [1.807, 2.05) is 0 Å². The summed E-state index contributed by atoms with van der Waals surface area (Å²) in [6, 6.07) is -0.268. The number of hydrogen-bond acceptors (Lipinski definition) is 5. The number of carbonyl (C=O) groups is 1. The molecular weight excluding hydrogens is 385 g/mol. The third-order valence-corrected chi connectivity index (χ3v) is 7.11. The highest BCUT2D eigenvalue weighted by molar-refractivity contribution is 8.00. The molecule has 0 amide bonds. The summed E-state index contributed by atoms with van der Waals surface area (Å²) in [7, 11) is -4.27. The highest BCUT2D eigenvalue weighted by atomic mass is 35.5. The Labute approximate surface area is 139 Å². The average Bonchev–Trinajstić information content (AvgIpc) is 2.90. The summed E-state index contributed by atoms with van der Waals surface area (Å²) in [4.78, 5) is 10.5. The number of nitrogens with zero attached hydrogens (tertiary/aromatic N) is 1. The lowest BCUT2D eigenvalue weighted by atomic mass is 10.3. The van der Waals surface area contributed by atoms with E-state index in [2.05, 4.69) is 0 Å². The fourth-order valence-corrected chi connectivity index (χ4v) is 5.72. The van der Waals surface area contributed by atoms with Gasteiger partial charge in [0.2, 0.25) is 10.0 Å². The molecule has 0 aliphatic carbocycles. The van der Waals surface area contributed by atoms with Crippen LogP contribution >= 0.6 is 46.6 Å². The standard InChI is InChI=1S/C10H8Cl3NO5S2/c11-4-1-6(9(15)8(13)7(4)12)21(18,19)14-3-20-2-5(14)10(16)17/h1,5,15H,2-3H2,(H,16,17)/t5-/m1/s1. The quantitative estimate of drug-likeness (QED) is 0.768. The number of rotatable bonds is 3. The van der Waals surface area contributed by atoms with Crippen molar-refractivity contribution in [3.63, 3.8) is 0 Å². The Morgan fingerprint density at radius 2 is 1.95 bits per heavy atom. The molecule has 0 unspecified atom stereocenters. The lowest BCUT2D eigenvalue weighted by Gasteiger charge is -2.21. The Balaban J connectivity index is 2.58. The Kier molecular flexibility index (Phi) is 4.87. The second-order valence-corrected chi connectivity index (χ2v) is 8.10. The van der Waals surface area contributed by atoms with Gasteiger partial charge >= 0.3 is 5.97 Å². The van der Waals surface area contributed by atoms with Gasteiger partial charge in [0.15, 0.2) is 5.75 Å². The first-order chi connectivity index (χ1) is 9.67. The molecular formula is C10H8Cl3NO5S2. The molecule has 2 rings (SSSR count). The molecule has 0 saturated carbocycles. The van der Waals surface area contributed by atoms with E-state index in [0.717, 1.165) is 22.1 Å². The maximum absolute atomic E-state index is 12.5. The molecule has 1 saturated heterocycles. The lowest BCUT2D eigenvalue weighted by Crippen LogP contribution is -2.41. The van der Waals surface area contributed by atoms with E-state index in [-0.39, 0.29) is 21.7 Å². The van der Waals surface area contributed by atoms with Gasteiger partial charge < -0.3 is 10.2 Å². The number of phenolic OH excluding ortho intramolecular Hbond substituents is 1. The van der Waals surface area contributed by atoms with Gasteiger partial charge in [-0.2, -0.15) is 4.31 Å². The van der Waals surface area contributed by atoms with Crippen LogP contribution in [0.2, 0.25) is 15.1 Å². The summed E-state index contributed by atoms with van der Waals surface area (Å²) in [5.41, 5.74) is 0. The number of benzene rings is 1. The zero-order valence-corrected chi connectivity index (χ0v) is 14.0. The maximum atomic E-state index is 12.5. The van der Waals surface area contributed by atoms with Gasteiger partial charge in [-0.1, -0.05) is 34.8 Å². The molecule has 1 aliphatic rings. The number of phenols is 1.